The third-order valence-corrected chi connectivity index (χ3v) is 2.77. The molecule has 0 aliphatic carbocycles. The summed E-state index contributed by atoms with van der Waals surface area (Å²) in [7, 11) is 0. The Bertz CT molecular complexity index is 397. The fourth-order valence-electron chi connectivity index (χ4n) is 1.60. The van der Waals surface area contributed by atoms with Gasteiger partial charge in [0.2, 0.25) is 0 Å². The average molecular weight is 304 g/mol. The molecule has 0 heterocycles. The Hall–Kier alpha value is -0.970. The fraction of sp³-hybridized carbons (Fsp3) is 0.600. The van der Waals surface area contributed by atoms with Crippen LogP contribution in [0, 0.1) is 0 Å². The molecule has 0 aliphatic heterocycles. The van der Waals surface area contributed by atoms with E-state index in [-0.39, 0.29) is 24.6 Å². The van der Waals surface area contributed by atoms with Crippen LogP contribution in [-0.2, 0) is 6.54 Å². The van der Waals surface area contributed by atoms with Crippen LogP contribution < -0.4 is 14.8 Å². The predicted octanol–water partition coefficient (Wildman–Crippen LogP) is 2.77. The zero-order valence-corrected chi connectivity index (χ0v) is 13.5. The highest BCUT2D eigenvalue weighted by molar-refractivity contribution is 5.85. The topological polar surface area (TPSA) is 50.7 Å². The zero-order valence-electron chi connectivity index (χ0n) is 12.7. The van der Waals surface area contributed by atoms with E-state index in [0.717, 1.165) is 17.1 Å². The number of halogens is 1. The normalized spacial score (nSPS) is 10.8. The number of aliphatic hydroxyl groups excluding tert-OH is 1. The largest absolute Gasteiger partial charge is 0.490 e. The van der Waals surface area contributed by atoms with Crippen molar-refractivity contribution >= 4 is 12.4 Å². The maximum absolute atomic E-state index is 9.22. The van der Waals surface area contributed by atoms with Crippen LogP contribution in [-0.4, -0.2) is 30.5 Å². The summed E-state index contributed by atoms with van der Waals surface area (Å²) in [5, 5.41) is 12.5. The van der Waals surface area contributed by atoms with Crippen molar-refractivity contribution < 1.29 is 14.6 Å². The molecule has 0 fully saturated rings. The lowest BCUT2D eigenvalue weighted by molar-refractivity contribution is 0.187. The maximum atomic E-state index is 9.22. The van der Waals surface area contributed by atoms with Gasteiger partial charge in [-0.2, -0.15) is 0 Å². The van der Waals surface area contributed by atoms with E-state index in [1.807, 2.05) is 45.9 Å². The van der Waals surface area contributed by atoms with E-state index >= 15 is 0 Å². The van der Waals surface area contributed by atoms with E-state index in [4.69, 9.17) is 9.47 Å². The second kappa shape index (κ2) is 9.06. The summed E-state index contributed by atoms with van der Waals surface area (Å²) in [4.78, 5) is 0. The second-order valence-corrected chi connectivity index (χ2v) is 5.04. The summed E-state index contributed by atoms with van der Waals surface area (Å²) >= 11 is 0. The first-order valence-electron chi connectivity index (χ1n) is 6.76. The van der Waals surface area contributed by atoms with Crippen molar-refractivity contribution in [1.82, 2.24) is 5.32 Å². The van der Waals surface area contributed by atoms with E-state index in [1.54, 1.807) is 0 Å². The quantitative estimate of drug-likeness (QED) is 0.775. The number of hydrogen-bond acceptors (Lipinski definition) is 4. The van der Waals surface area contributed by atoms with Crippen LogP contribution in [0.15, 0.2) is 18.2 Å². The van der Waals surface area contributed by atoms with Crippen molar-refractivity contribution in [3.05, 3.63) is 23.8 Å². The SMILES string of the molecule is CCOc1ccc(CNC(C)(C)CO)cc1OCC.Cl. The minimum atomic E-state index is -0.287. The molecular weight excluding hydrogens is 278 g/mol. The molecule has 0 unspecified atom stereocenters. The molecule has 116 valence electrons. The van der Waals surface area contributed by atoms with Crippen molar-refractivity contribution in [3.8, 4) is 11.5 Å². The molecule has 0 atom stereocenters. The van der Waals surface area contributed by atoms with Crippen molar-refractivity contribution in [2.45, 2.75) is 39.8 Å². The van der Waals surface area contributed by atoms with Crippen LogP contribution in [0.3, 0.4) is 0 Å². The molecule has 4 nitrogen and oxygen atoms in total. The van der Waals surface area contributed by atoms with Gasteiger partial charge in [-0.05, 0) is 45.4 Å². The Kier molecular flexibility index (Phi) is 8.62. The molecule has 0 saturated heterocycles. The highest BCUT2D eigenvalue weighted by Gasteiger charge is 2.15. The Morgan fingerprint density at radius 2 is 1.70 bits per heavy atom. The van der Waals surface area contributed by atoms with Gasteiger partial charge in [-0.3, -0.25) is 0 Å². The number of nitrogens with one attached hydrogen (secondary N) is 1. The number of rotatable bonds is 8. The molecule has 5 heteroatoms. The first-order chi connectivity index (χ1) is 9.02. The molecular formula is C15H26ClNO3. The van der Waals surface area contributed by atoms with E-state index < -0.39 is 0 Å². The Balaban J connectivity index is 0.00000361. The Labute approximate surface area is 127 Å². The monoisotopic (exact) mass is 303 g/mol. The van der Waals surface area contributed by atoms with Crippen LogP contribution >= 0.6 is 12.4 Å². The third kappa shape index (κ3) is 5.99. The summed E-state index contributed by atoms with van der Waals surface area (Å²) in [5.74, 6) is 1.54. The van der Waals surface area contributed by atoms with Gasteiger partial charge in [-0.15, -0.1) is 12.4 Å². The summed E-state index contributed by atoms with van der Waals surface area (Å²) < 4.78 is 11.1. The molecule has 1 rings (SSSR count). The molecule has 0 bridgehead atoms. The summed E-state index contributed by atoms with van der Waals surface area (Å²) in [6, 6.07) is 5.92. The summed E-state index contributed by atoms with van der Waals surface area (Å²) in [6.45, 7) is 9.84. The molecule has 1 aromatic carbocycles. The lowest BCUT2D eigenvalue weighted by Gasteiger charge is -2.23. The van der Waals surface area contributed by atoms with Gasteiger partial charge in [0.15, 0.2) is 11.5 Å². The van der Waals surface area contributed by atoms with Gasteiger partial charge >= 0.3 is 0 Å². The highest BCUT2D eigenvalue weighted by Crippen LogP contribution is 2.28. The van der Waals surface area contributed by atoms with Crippen LogP contribution in [0.5, 0.6) is 11.5 Å². The molecule has 1 aromatic rings. The lowest BCUT2D eigenvalue weighted by atomic mass is 10.1. The first kappa shape index (κ1) is 19.0. The van der Waals surface area contributed by atoms with Crippen LogP contribution in [0.25, 0.3) is 0 Å². The number of hydrogen-bond donors (Lipinski definition) is 2. The highest BCUT2D eigenvalue weighted by atomic mass is 35.5. The van der Waals surface area contributed by atoms with Crippen LogP contribution in [0.2, 0.25) is 0 Å². The van der Waals surface area contributed by atoms with Crippen molar-refractivity contribution in [2.24, 2.45) is 0 Å². The molecule has 20 heavy (non-hydrogen) atoms. The molecule has 0 radical (unpaired) electrons. The molecule has 2 N–H and O–H groups in total. The first-order valence-corrected chi connectivity index (χ1v) is 6.76. The number of aliphatic hydroxyl groups is 1. The van der Waals surface area contributed by atoms with Gasteiger partial charge in [0.05, 0.1) is 19.8 Å². The van der Waals surface area contributed by atoms with Crippen molar-refractivity contribution in [1.29, 1.82) is 0 Å². The minimum Gasteiger partial charge on any atom is -0.490 e. The van der Waals surface area contributed by atoms with Crippen LogP contribution in [0.1, 0.15) is 33.3 Å². The molecule has 0 saturated carbocycles. The average Bonchev–Trinajstić information content (AvgIpc) is 2.40. The van der Waals surface area contributed by atoms with Gasteiger partial charge in [-0.1, -0.05) is 6.07 Å². The van der Waals surface area contributed by atoms with E-state index in [9.17, 15) is 5.11 Å². The second-order valence-electron chi connectivity index (χ2n) is 5.04. The van der Waals surface area contributed by atoms with Gasteiger partial charge < -0.3 is 19.9 Å². The summed E-state index contributed by atoms with van der Waals surface area (Å²) in [6.07, 6.45) is 0. The van der Waals surface area contributed by atoms with Gasteiger partial charge in [0.25, 0.3) is 0 Å². The molecule has 0 aliphatic rings. The van der Waals surface area contributed by atoms with Gasteiger partial charge in [-0.25, -0.2) is 0 Å². The predicted molar refractivity (Wildman–Crippen MR) is 84.0 cm³/mol. The minimum absolute atomic E-state index is 0. The Morgan fingerprint density at radius 1 is 1.10 bits per heavy atom. The number of ether oxygens (including phenoxy) is 2. The molecule has 0 spiro atoms. The van der Waals surface area contributed by atoms with Gasteiger partial charge in [0, 0.05) is 12.1 Å². The Morgan fingerprint density at radius 3 is 2.25 bits per heavy atom. The lowest BCUT2D eigenvalue weighted by Crippen LogP contribution is -2.42. The van der Waals surface area contributed by atoms with Crippen molar-refractivity contribution in [2.75, 3.05) is 19.8 Å². The molecule has 0 aromatic heterocycles. The summed E-state index contributed by atoms with van der Waals surface area (Å²) in [5.41, 5.74) is 0.818. The third-order valence-electron chi connectivity index (χ3n) is 2.77. The standard InChI is InChI=1S/C15H25NO3.ClH/c1-5-18-13-8-7-12(9-14(13)19-6-2)10-16-15(3,4)11-17;/h7-9,16-17H,5-6,10-11H2,1-4H3;1H. The number of benzene rings is 1. The van der Waals surface area contributed by atoms with E-state index in [0.29, 0.717) is 19.8 Å². The van der Waals surface area contributed by atoms with Gasteiger partial charge in [0.1, 0.15) is 0 Å². The van der Waals surface area contributed by atoms with E-state index in [2.05, 4.69) is 5.32 Å². The smallest absolute Gasteiger partial charge is 0.161 e. The zero-order chi connectivity index (χ0) is 14.3. The van der Waals surface area contributed by atoms with Crippen LogP contribution in [0.4, 0.5) is 0 Å². The maximum Gasteiger partial charge on any atom is 0.161 e. The van der Waals surface area contributed by atoms with E-state index in [1.165, 1.54) is 0 Å². The molecule has 0 amide bonds. The fourth-order valence-corrected chi connectivity index (χ4v) is 1.60. The van der Waals surface area contributed by atoms with Crippen molar-refractivity contribution in [3.63, 3.8) is 0 Å².